The van der Waals surface area contributed by atoms with Gasteiger partial charge in [0.1, 0.15) is 5.75 Å². The molecular weight excluding hydrogens is 214 g/mol. The van der Waals surface area contributed by atoms with Gasteiger partial charge in [0.2, 0.25) is 5.91 Å². The summed E-state index contributed by atoms with van der Waals surface area (Å²) in [5.41, 5.74) is 0. The minimum absolute atomic E-state index is 0.0906. The highest BCUT2D eigenvalue weighted by atomic mass is 16.5. The van der Waals surface area contributed by atoms with Crippen molar-refractivity contribution < 1.29 is 9.53 Å². The highest BCUT2D eigenvalue weighted by molar-refractivity contribution is 5.75. The summed E-state index contributed by atoms with van der Waals surface area (Å²) in [6.07, 6.45) is 4.28. The molecule has 0 saturated heterocycles. The van der Waals surface area contributed by atoms with Gasteiger partial charge in [-0.3, -0.25) is 4.79 Å². The van der Waals surface area contributed by atoms with Crippen LogP contribution in [0.5, 0.6) is 5.75 Å². The maximum atomic E-state index is 11.5. The van der Waals surface area contributed by atoms with Crippen molar-refractivity contribution in [2.24, 2.45) is 5.92 Å². The Morgan fingerprint density at radius 3 is 2.71 bits per heavy atom. The van der Waals surface area contributed by atoms with Gasteiger partial charge in [0, 0.05) is 6.54 Å². The summed E-state index contributed by atoms with van der Waals surface area (Å²) in [6, 6.07) is 9.58. The molecule has 2 rings (SSSR count). The van der Waals surface area contributed by atoms with Crippen LogP contribution >= 0.6 is 0 Å². The van der Waals surface area contributed by atoms with Crippen molar-refractivity contribution >= 4 is 5.91 Å². The van der Waals surface area contributed by atoms with Crippen LogP contribution < -0.4 is 10.1 Å². The van der Waals surface area contributed by atoms with Crippen LogP contribution in [0.15, 0.2) is 30.3 Å². The standard InChI is InChI=1S/C14H19NO2/c16-14(15-11-12-5-4-6-12)9-10-17-13-7-2-1-3-8-13/h1-3,7-8,12H,4-6,9-11H2,(H,15,16). The van der Waals surface area contributed by atoms with E-state index in [4.69, 9.17) is 4.74 Å². The number of rotatable bonds is 6. The van der Waals surface area contributed by atoms with Gasteiger partial charge in [-0.25, -0.2) is 0 Å². The summed E-state index contributed by atoms with van der Waals surface area (Å²) >= 11 is 0. The van der Waals surface area contributed by atoms with Gasteiger partial charge in [-0.1, -0.05) is 24.6 Å². The van der Waals surface area contributed by atoms with Crippen LogP contribution in [0.25, 0.3) is 0 Å². The molecule has 1 saturated carbocycles. The van der Waals surface area contributed by atoms with E-state index in [1.165, 1.54) is 19.3 Å². The first-order chi connectivity index (χ1) is 8.34. The fraction of sp³-hybridized carbons (Fsp3) is 0.500. The molecule has 3 heteroatoms. The molecule has 0 radical (unpaired) electrons. The van der Waals surface area contributed by atoms with Crippen LogP contribution in [-0.4, -0.2) is 19.1 Å². The van der Waals surface area contributed by atoms with E-state index in [0.29, 0.717) is 18.9 Å². The van der Waals surface area contributed by atoms with Crippen molar-refractivity contribution in [3.63, 3.8) is 0 Å². The van der Waals surface area contributed by atoms with Crippen molar-refractivity contribution in [2.45, 2.75) is 25.7 Å². The lowest BCUT2D eigenvalue weighted by Crippen LogP contribution is -2.32. The Balaban J connectivity index is 1.56. The van der Waals surface area contributed by atoms with Crippen molar-refractivity contribution in [3.8, 4) is 5.75 Å². The second-order valence-corrected chi connectivity index (χ2v) is 4.51. The summed E-state index contributed by atoms with van der Waals surface area (Å²) in [4.78, 5) is 11.5. The fourth-order valence-corrected chi connectivity index (χ4v) is 1.82. The smallest absolute Gasteiger partial charge is 0.223 e. The maximum Gasteiger partial charge on any atom is 0.223 e. The third kappa shape index (κ3) is 4.10. The third-order valence-corrected chi connectivity index (χ3v) is 3.15. The van der Waals surface area contributed by atoms with Gasteiger partial charge in [-0.15, -0.1) is 0 Å². The minimum Gasteiger partial charge on any atom is -0.493 e. The van der Waals surface area contributed by atoms with Crippen molar-refractivity contribution in [3.05, 3.63) is 30.3 Å². The molecule has 92 valence electrons. The first kappa shape index (κ1) is 12.0. The topological polar surface area (TPSA) is 38.3 Å². The number of hydrogen-bond donors (Lipinski definition) is 1. The lowest BCUT2D eigenvalue weighted by molar-refractivity contribution is -0.121. The van der Waals surface area contributed by atoms with Crippen LogP contribution in [0.3, 0.4) is 0 Å². The van der Waals surface area contributed by atoms with Gasteiger partial charge >= 0.3 is 0 Å². The van der Waals surface area contributed by atoms with Gasteiger partial charge in [0.25, 0.3) is 0 Å². The maximum absolute atomic E-state index is 11.5. The quantitative estimate of drug-likeness (QED) is 0.819. The van der Waals surface area contributed by atoms with Gasteiger partial charge < -0.3 is 10.1 Å². The SMILES string of the molecule is O=C(CCOc1ccccc1)NCC1CCC1. The summed E-state index contributed by atoms with van der Waals surface area (Å²) in [5.74, 6) is 1.63. The van der Waals surface area contributed by atoms with E-state index in [1.54, 1.807) is 0 Å². The number of benzene rings is 1. The second kappa shape index (κ2) is 6.28. The molecule has 17 heavy (non-hydrogen) atoms. The number of nitrogens with one attached hydrogen (secondary N) is 1. The first-order valence-corrected chi connectivity index (χ1v) is 6.29. The molecular formula is C14H19NO2. The first-order valence-electron chi connectivity index (χ1n) is 6.29. The molecule has 0 heterocycles. The third-order valence-electron chi connectivity index (χ3n) is 3.15. The zero-order valence-electron chi connectivity index (χ0n) is 10.0. The molecule has 0 bridgehead atoms. The average Bonchev–Trinajstić information content (AvgIpc) is 2.28. The Bertz CT molecular complexity index is 346. The van der Waals surface area contributed by atoms with E-state index in [-0.39, 0.29) is 5.91 Å². The predicted octanol–water partition coefficient (Wildman–Crippen LogP) is 2.37. The van der Waals surface area contributed by atoms with E-state index in [9.17, 15) is 4.79 Å². The summed E-state index contributed by atoms with van der Waals surface area (Å²) in [7, 11) is 0. The highest BCUT2D eigenvalue weighted by Crippen LogP contribution is 2.25. The normalized spacial score (nSPS) is 15.1. The Morgan fingerprint density at radius 1 is 1.29 bits per heavy atom. The van der Waals surface area contributed by atoms with Crippen LogP contribution in [-0.2, 0) is 4.79 Å². The number of amides is 1. The van der Waals surface area contributed by atoms with Gasteiger partial charge in [-0.2, -0.15) is 0 Å². The predicted molar refractivity (Wildman–Crippen MR) is 66.9 cm³/mol. The molecule has 0 spiro atoms. The number of ether oxygens (including phenoxy) is 1. The highest BCUT2D eigenvalue weighted by Gasteiger charge is 2.17. The lowest BCUT2D eigenvalue weighted by Gasteiger charge is -2.25. The molecule has 1 N–H and O–H groups in total. The average molecular weight is 233 g/mol. The molecule has 0 unspecified atom stereocenters. The van der Waals surface area contributed by atoms with Gasteiger partial charge in [0.15, 0.2) is 0 Å². The lowest BCUT2D eigenvalue weighted by atomic mass is 9.85. The Labute approximate surface area is 102 Å². The van der Waals surface area contributed by atoms with Gasteiger partial charge in [-0.05, 0) is 30.9 Å². The van der Waals surface area contributed by atoms with E-state index in [0.717, 1.165) is 12.3 Å². The summed E-state index contributed by atoms with van der Waals surface area (Å²) in [6.45, 7) is 1.28. The molecule has 1 aliphatic carbocycles. The summed E-state index contributed by atoms with van der Waals surface area (Å²) < 4.78 is 5.46. The fourth-order valence-electron chi connectivity index (χ4n) is 1.82. The molecule has 0 aliphatic heterocycles. The van der Waals surface area contributed by atoms with Crippen LogP contribution in [0.1, 0.15) is 25.7 Å². The Kier molecular flexibility index (Phi) is 4.42. The molecule has 3 nitrogen and oxygen atoms in total. The van der Waals surface area contributed by atoms with Gasteiger partial charge in [0.05, 0.1) is 13.0 Å². The molecule has 1 aliphatic rings. The number of carbonyl (C=O) groups excluding carboxylic acids is 1. The van der Waals surface area contributed by atoms with Crippen molar-refractivity contribution in [1.82, 2.24) is 5.32 Å². The van der Waals surface area contributed by atoms with E-state index < -0.39 is 0 Å². The monoisotopic (exact) mass is 233 g/mol. The largest absolute Gasteiger partial charge is 0.493 e. The molecule has 1 amide bonds. The minimum atomic E-state index is 0.0906. The van der Waals surface area contributed by atoms with Crippen molar-refractivity contribution in [1.29, 1.82) is 0 Å². The number of para-hydroxylation sites is 1. The Morgan fingerprint density at radius 2 is 2.06 bits per heavy atom. The van der Waals surface area contributed by atoms with Crippen LogP contribution in [0.2, 0.25) is 0 Å². The number of carbonyl (C=O) groups is 1. The zero-order valence-corrected chi connectivity index (χ0v) is 10.0. The molecule has 1 aromatic rings. The van der Waals surface area contributed by atoms with E-state index in [2.05, 4.69) is 5.32 Å². The van der Waals surface area contributed by atoms with E-state index >= 15 is 0 Å². The molecule has 0 aromatic heterocycles. The molecule has 1 aromatic carbocycles. The summed E-state index contributed by atoms with van der Waals surface area (Å²) in [5, 5.41) is 2.95. The van der Waals surface area contributed by atoms with Crippen LogP contribution in [0.4, 0.5) is 0 Å². The second-order valence-electron chi connectivity index (χ2n) is 4.51. The molecule has 1 fully saturated rings. The van der Waals surface area contributed by atoms with E-state index in [1.807, 2.05) is 30.3 Å². The zero-order chi connectivity index (χ0) is 11.9. The van der Waals surface area contributed by atoms with Crippen LogP contribution in [0, 0.1) is 5.92 Å². The molecule has 0 atom stereocenters. The number of hydrogen-bond acceptors (Lipinski definition) is 2. The Hall–Kier alpha value is -1.51. The van der Waals surface area contributed by atoms with Crippen molar-refractivity contribution in [2.75, 3.05) is 13.2 Å².